The molecule has 3 nitrogen and oxygen atoms in total. The molecule has 2 atom stereocenters. The number of hydrogen-bond donors (Lipinski definition) is 2. The molecule has 1 fully saturated rings. The van der Waals surface area contributed by atoms with Gasteiger partial charge in [0, 0.05) is 23.9 Å². The van der Waals surface area contributed by atoms with E-state index in [-0.39, 0.29) is 12.0 Å². The largest absolute Gasteiger partial charge is 0.391 e. The Kier molecular flexibility index (Phi) is 2.83. The molecule has 0 spiro atoms. The van der Waals surface area contributed by atoms with Crippen molar-refractivity contribution >= 4 is 22.9 Å². The van der Waals surface area contributed by atoms with Crippen LogP contribution < -0.4 is 5.32 Å². The highest BCUT2D eigenvalue weighted by molar-refractivity contribution is 7.10. The summed E-state index contributed by atoms with van der Waals surface area (Å²) in [7, 11) is 0. The molecular weight excluding hydrogens is 208 g/mol. The second-order valence-electron chi connectivity index (χ2n) is 3.26. The van der Waals surface area contributed by atoms with E-state index in [1.165, 1.54) is 0 Å². The molecule has 2 heterocycles. The number of thiazole rings is 1. The predicted octanol–water partition coefficient (Wildman–Crippen LogP) is 0.919. The van der Waals surface area contributed by atoms with E-state index in [0.717, 1.165) is 17.8 Å². The van der Waals surface area contributed by atoms with Crippen LogP contribution in [0.2, 0.25) is 5.15 Å². The number of hydrogen-bond acceptors (Lipinski definition) is 4. The third kappa shape index (κ3) is 2.02. The van der Waals surface area contributed by atoms with Crippen molar-refractivity contribution in [1.82, 2.24) is 10.3 Å². The average Bonchev–Trinajstić information content (AvgIpc) is 2.65. The van der Waals surface area contributed by atoms with Gasteiger partial charge in [-0.15, -0.1) is 11.3 Å². The molecule has 0 aromatic carbocycles. The van der Waals surface area contributed by atoms with Gasteiger partial charge in [-0.1, -0.05) is 11.6 Å². The molecule has 5 heteroatoms. The maximum absolute atomic E-state index is 9.56. The van der Waals surface area contributed by atoms with Crippen molar-refractivity contribution in [2.24, 2.45) is 5.92 Å². The molecule has 0 saturated carbocycles. The maximum atomic E-state index is 9.56. The lowest BCUT2D eigenvalue weighted by molar-refractivity contribution is 0.148. The van der Waals surface area contributed by atoms with E-state index in [9.17, 15) is 5.11 Å². The predicted molar refractivity (Wildman–Crippen MR) is 53.2 cm³/mol. The minimum atomic E-state index is -0.238. The Balaban J connectivity index is 2.01. The topological polar surface area (TPSA) is 45.1 Å². The van der Waals surface area contributed by atoms with Crippen LogP contribution in [0.15, 0.2) is 5.51 Å². The minimum absolute atomic E-state index is 0.238. The summed E-state index contributed by atoms with van der Waals surface area (Å²) in [5, 5.41) is 13.3. The molecule has 1 aromatic rings. The summed E-state index contributed by atoms with van der Waals surface area (Å²) >= 11 is 7.42. The van der Waals surface area contributed by atoms with Crippen LogP contribution in [0.5, 0.6) is 0 Å². The van der Waals surface area contributed by atoms with Crippen molar-refractivity contribution in [1.29, 1.82) is 0 Å². The normalized spacial score (nSPS) is 28.2. The van der Waals surface area contributed by atoms with Gasteiger partial charge in [-0.05, 0) is 6.42 Å². The van der Waals surface area contributed by atoms with Gasteiger partial charge < -0.3 is 10.4 Å². The van der Waals surface area contributed by atoms with E-state index in [4.69, 9.17) is 11.6 Å². The van der Waals surface area contributed by atoms with Gasteiger partial charge in [0.15, 0.2) is 0 Å². The first kappa shape index (κ1) is 9.40. The Hall–Kier alpha value is -0.160. The van der Waals surface area contributed by atoms with E-state index < -0.39 is 0 Å². The zero-order chi connectivity index (χ0) is 9.26. The van der Waals surface area contributed by atoms with E-state index in [1.54, 1.807) is 16.8 Å². The van der Waals surface area contributed by atoms with Crippen LogP contribution >= 0.6 is 22.9 Å². The van der Waals surface area contributed by atoms with Crippen LogP contribution in [0.3, 0.4) is 0 Å². The number of rotatable bonds is 2. The second-order valence-corrected chi connectivity index (χ2v) is 4.55. The van der Waals surface area contributed by atoms with Gasteiger partial charge in [-0.3, -0.25) is 0 Å². The maximum Gasteiger partial charge on any atom is 0.143 e. The number of aromatic nitrogens is 1. The van der Waals surface area contributed by atoms with E-state index in [1.807, 2.05) is 0 Å². The first-order chi connectivity index (χ1) is 6.27. The van der Waals surface area contributed by atoms with Crippen molar-refractivity contribution in [3.8, 4) is 0 Å². The lowest BCUT2D eigenvalue weighted by atomic mass is 10.0. The number of nitrogens with one attached hydrogen (secondary N) is 1. The Bertz CT molecular complexity index is 291. The molecule has 13 heavy (non-hydrogen) atoms. The number of halogens is 1. The summed E-state index contributed by atoms with van der Waals surface area (Å²) in [5.41, 5.74) is 1.74. The van der Waals surface area contributed by atoms with Crippen molar-refractivity contribution in [2.45, 2.75) is 12.5 Å². The molecule has 0 aliphatic carbocycles. The quantitative estimate of drug-likeness (QED) is 0.776. The van der Waals surface area contributed by atoms with Crippen LogP contribution in [0.1, 0.15) is 4.88 Å². The van der Waals surface area contributed by atoms with E-state index in [2.05, 4.69) is 10.3 Å². The first-order valence-corrected chi connectivity index (χ1v) is 5.50. The van der Waals surface area contributed by atoms with Gasteiger partial charge in [-0.2, -0.15) is 0 Å². The smallest absolute Gasteiger partial charge is 0.143 e. The zero-order valence-electron chi connectivity index (χ0n) is 7.03. The molecule has 0 bridgehead atoms. The SMILES string of the molecule is O[C@@H]1CNC[C@H]1Cc1scnc1Cl. The molecule has 2 N–H and O–H groups in total. The third-order valence-corrected chi connectivity index (χ3v) is 3.64. The summed E-state index contributed by atoms with van der Waals surface area (Å²) in [6.07, 6.45) is 0.593. The van der Waals surface area contributed by atoms with Crippen LogP contribution in [0, 0.1) is 5.92 Å². The molecule has 1 saturated heterocycles. The average molecular weight is 219 g/mol. The van der Waals surface area contributed by atoms with Crippen molar-refractivity contribution < 1.29 is 5.11 Å². The molecular formula is C8H11ClN2OS. The Labute approximate surface area is 85.8 Å². The van der Waals surface area contributed by atoms with E-state index >= 15 is 0 Å². The molecule has 1 aliphatic rings. The molecule has 0 radical (unpaired) electrons. The summed E-state index contributed by atoms with van der Waals surface area (Å²) in [5.74, 6) is 0.290. The fraction of sp³-hybridized carbons (Fsp3) is 0.625. The highest BCUT2D eigenvalue weighted by Crippen LogP contribution is 2.24. The number of aliphatic hydroxyl groups is 1. The van der Waals surface area contributed by atoms with Gasteiger partial charge in [0.05, 0.1) is 11.6 Å². The standard InChI is InChI=1S/C8H11ClN2OS/c9-8-7(13-4-11-8)1-5-2-10-3-6(5)12/h4-6,10,12H,1-3H2/t5-,6-/m1/s1. The summed E-state index contributed by atoms with van der Waals surface area (Å²) in [4.78, 5) is 5.04. The van der Waals surface area contributed by atoms with Gasteiger partial charge in [0.1, 0.15) is 5.15 Å². The van der Waals surface area contributed by atoms with Crippen molar-refractivity contribution in [2.75, 3.05) is 13.1 Å². The number of nitrogens with zero attached hydrogens (tertiary/aromatic N) is 1. The lowest BCUT2D eigenvalue weighted by Gasteiger charge is -2.11. The molecule has 0 amide bonds. The molecule has 72 valence electrons. The van der Waals surface area contributed by atoms with Gasteiger partial charge in [-0.25, -0.2) is 4.98 Å². The molecule has 1 aliphatic heterocycles. The van der Waals surface area contributed by atoms with Crippen LogP contribution in [0.25, 0.3) is 0 Å². The Morgan fingerprint density at radius 2 is 2.54 bits per heavy atom. The first-order valence-electron chi connectivity index (χ1n) is 4.24. The van der Waals surface area contributed by atoms with Crippen LogP contribution in [-0.4, -0.2) is 29.3 Å². The van der Waals surface area contributed by atoms with E-state index in [0.29, 0.717) is 11.7 Å². The van der Waals surface area contributed by atoms with Gasteiger partial charge in [0.2, 0.25) is 0 Å². The van der Waals surface area contributed by atoms with Gasteiger partial charge in [0.25, 0.3) is 0 Å². The lowest BCUT2D eigenvalue weighted by Crippen LogP contribution is -2.19. The number of aliphatic hydroxyl groups excluding tert-OH is 1. The fourth-order valence-corrected chi connectivity index (χ4v) is 2.62. The zero-order valence-corrected chi connectivity index (χ0v) is 8.61. The van der Waals surface area contributed by atoms with Crippen molar-refractivity contribution in [3.63, 3.8) is 0 Å². The Morgan fingerprint density at radius 1 is 1.69 bits per heavy atom. The van der Waals surface area contributed by atoms with Gasteiger partial charge >= 0.3 is 0 Å². The van der Waals surface area contributed by atoms with Crippen LogP contribution in [-0.2, 0) is 6.42 Å². The summed E-state index contributed by atoms with van der Waals surface area (Å²) in [6, 6.07) is 0. The molecule has 1 aromatic heterocycles. The second kappa shape index (κ2) is 3.92. The molecule has 0 unspecified atom stereocenters. The van der Waals surface area contributed by atoms with Crippen LogP contribution in [0.4, 0.5) is 0 Å². The monoisotopic (exact) mass is 218 g/mol. The fourth-order valence-electron chi connectivity index (χ4n) is 1.55. The third-order valence-electron chi connectivity index (χ3n) is 2.34. The highest BCUT2D eigenvalue weighted by Gasteiger charge is 2.26. The Morgan fingerprint density at radius 3 is 3.08 bits per heavy atom. The number of β-amino-alcohol motifs (C(OH)–C–C–N with tert-alkyl or cyclic N) is 1. The summed E-state index contributed by atoms with van der Waals surface area (Å²) in [6.45, 7) is 1.57. The summed E-state index contributed by atoms with van der Waals surface area (Å²) < 4.78 is 0. The molecule has 2 rings (SSSR count). The van der Waals surface area contributed by atoms with Crippen molar-refractivity contribution in [3.05, 3.63) is 15.5 Å². The minimum Gasteiger partial charge on any atom is -0.391 e. The highest BCUT2D eigenvalue weighted by atomic mass is 35.5.